The Hall–Kier alpha value is -0.280. The molecule has 4 atom stereocenters. The highest BCUT2D eigenvalue weighted by Gasteiger charge is 2.35. The average Bonchev–Trinajstić information content (AvgIpc) is 2.59. The van der Waals surface area contributed by atoms with E-state index in [0.29, 0.717) is 23.9 Å². The molecule has 2 fully saturated rings. The maximum absolute atomic E-state index is 12.4. The Morgan fingerprint density at radius 3 is 2.47 bits per heavy atom. The number of hydrogen-bond donors (Lipinski definition) is 1. The minimum absolute atomic E-state index is 0. The van der Waals surface area contributed by atoms with Crippen molar-refractivity contribution in [3.05, 3.63) is 0 Å². The molecule has 1 amide bonds. The van der Waals surface area contributed by atoms with Crippen LogP contribution in [0, 0.1) is 11.8 Å². The predicted molar refractivity (Wildman–Crippen MR) is 72.4 cm³/mol. The molecule has 2 unspecified atom stereocenters. The van der Waals surface area contributed by atoms with Gasteiger partial charge in [-0.25, -0.2) is 0 Å². The molecular formula is C13H25ClN2O. The van der Waals surface area contributed by atoms with Crippen molar-refractivity contribution in [2.24, 2.45) is 11.8 Å². The number of nitrogens with one attached hydrogen (secondary N) is 1. The fourth-order valence-corrected chi connectivity index (χ4v) is 3.00. The Morgan fingerprint density at radius 1 is 1.24 bits per heavy atom. The van der Waals surface area contributed by atoms with Crippen LogP contribution in [0.5, 0.6) is 0 Å². The van der Waals surface area contributed by atoms with Gasteiger partial charge in [-0.05, 0) is 45.6 Å². The van der Waals surface area contributed by atoms with Gasteiger partial charge in [0.1, 0.15) is 0 Å². The zero-order valence-electron chi connectivity index (χ0n) is 11.1. The number of piperidine rings is 1. The van der Waals surface area contributed by atoms with Gasteiger partial charge in [0.05, 0.1) is 0 Å². The second-order valence-corrected chi connectivity index (χ2v) is 5.61. The number of rotatable bonds is 1. The molecular weight excluding hydrogens is 236 g/mol. The molecule has 0 aromatic carbocycles. The lowest BCUT2D eigenvalue weighted by molar-refractivity contribution is -0.137. The minimum Gasteiger partial charge on any atom is -0.339 e. The summed E-state index contributed by atoms with van der Waals surface area (Å²) in [6.45, 7) is 8.59. The van der Waals surface area contributed by atoms with Gasteiger partial charge in [0.2, 0.25) is 5.91 Å². The van der Waals surface area contributed by atoms with E-state index in [-0.39, 0.29) is 18.3 Å². The van der Waals surface area contributed by atoms with Crippen LogP contribution in [0.2, 0.25) is 0 Å². The minimum atomic E-state index is 0. The Kier molecular flexibility index (Phi) is 5.26. The SMILES string of the molecule is CC1CCN(C(=O)[C@H]2CCN[C@@H](C)C2)C1C.Cl. The van der Waals surface area contributed by atoms with Gasteiger partial charge in [-0.15, -0.1) is 12.4 Å². The molecule has 0 saturated carbocycles. The van der Waals surface area contributed by atoms with Crippen molar-refractivity contribution in [3.8, 4) is 0 Å². The van der Waals surface area contributed by atoms with Gasteiger partial charge in [0.15, 0.2) is 0 Å². The molecule has 100 valence electrons. The topological polar surface area (TPSA) is 32.3 Å². The lowest BCUT2D eigenvalue weighted by Crippen LogP contribution is -2.45. The van der Waals surface area contributed by atoms with Gasteiger partial charge in [-0.1, -0.05) is 6.92 Å². The number of carbonyl (C=O) groups excluding carboxylic acids is 1. The maximum Gasteiger partial charge on any atom is 0.226 e. The number of hydrogen-bond acceptors (Lipinski definition) is 2. The molecule has 0 aromatic rings. The summed E-state index contributed by atoms with van der Waals surface area (Å²) in [5.41, 5.74) is 0. The molecule has 0 bridgehead atoms. The lowest BCUT2D eigenvalue weighted by atomic mass is 9.91. The number of carbonyl (C=O) groups is 1. The van der Waals surface area contributed by atoms with Gasteiger partial charge >= 0.3 is 0 Å². The summed E-state index contributed by atoms with van der Waals surface area (Å²) >= 11 is 0. The van der Waals surface area contributed by atoms with Crippen molar-refractivity contribution in [1.29, 1.82) is 0 Å². The van der Waals surface area contributed by atoms with E-state index in [1.165, 1.54) is 6.42 Å². The Labute approximate surface area is 111 Å². The standard InChI is InChI=1S/C13H24N2O.ClH/c1-9-5-7-15(11(9)3)13(16)12-4-6-14-10(2)8-12;/h9-12,14H,4-8H2,1-3H3;1H/t9?,10-,11?,12-;/m0./s1. The summed E-state index contributed by atoms with van der Waals surface area (Å²) in [6, 6.07) is 0.940. The first-order valence-corrected chi connectivity index (χ1v) is 6.63. The Bertz CT molecular complexity index is 272. The number of amides is 1. The Morgan fingerprint density at radius 2 is 1.94 bits per heavy atom. The smallest absolute Gasteiger partial charge is 0.226 e. The molecule has 3 nitrogen and oxygen atoms in total. The fourth-order valence-electron chi connectivity index (χ4n) is 3.00. The lowest BCUT2D eigenvalue weighted by Gasteiger charge is -2.32. The third-order valence-corrected chi connectivity index (χ3v) is 4.40. The number of halogens is 1. The summed E-state index contributed by atoms with van der Waals surface area (Å²) in [5.74, 6) is 1.34. The van der Waals surface area contributed by atoms with Gasteiger partial charge in [0, 0.05) is 24.5 Å². The molecule has 0 aliphatic carbocycles. The molecule has 17 heavy (non-hydrogen) atoms. The van der Waals surface area contributed by atoms with Crippen molar-refractivity contribution in [2.45, 2.75) is 52.1 Å². The van der Waals surface area contributed by atoms with Crippen LogP contribution in [0.15, 0.2) is 0 Å². The second kappa shape index (κ2) is 6.05. The van der Waals surface area contributed by atoms with E-state index in [1.807, 2.05) is 0 Å². The van der Waals surface area contributed by atoms with E-state index >= 15 is 0 Å². The highest BCUT2D eigenvalue weighted by atomic mass is 35.5. The van der Waals surface area contributed by atoms with Crippen LogP contribution in [0.1, 0.15) is 40.0 Å². The van der Waals surface area contributed by atoms with Crippen LogP contribution >= 0.6 is 12.4 Å². The van der Waals surface area contributed by atoms with Gasteiger partial charge in [0.25, 0.3) is 0 Å². The van der Waals surface area contributed by atoms with Crippen molar-refractivity contribution in [1.82, 2.24) is 10.2 Å². The molecule has 2 aliphatic heterocycles. The molecule has 1 N–H and O–H groups in total. The van der Waals surface area contributed by atoms with Gasteiger partial charge in [-0.3, -0.25) is 4.79 Å². The van der Waals surface area contributed by atoms with E-state index in [2.05, 4.69) is 31.0 Å². The molecule has 4 heteroatoms. The van der Waals surface area contributed by atoms with Crippen LogP contribution < -0.4 is 5.32 Å². The van der Waals surface area contributed by atoms with Crippen molar-refractivity contribution >= 4 is 18.3 Å². The van der Waals surface area contributed by atoms with Crippen LogP contribution in [0.4, 0.5) is 0 Å². The summed E-state index contributed by atoms with van der Waals surface area (Å²) in [6.07, 6.45) is 3.20. The number of likely N-dealkylation sites (tertiary alicyclic amines) is 1. The quantitative estimate of drug-likeness (QED) is 0.783. The first-order chi connectivity index (χ1) is 7.59. The fraction of sp³-hybridized carbons (Fsp3) is 0.923. The predicted octanol–water partition coefficient (Wildman–Crippen LogP) is 2.05. The monoisotopic (exact) mass is 260 g/mol. The summed E-state index contributed by atoms with van der Waals surface area (Å²) in [5, 5.41) is 3.41. The summed E-state index contributed by atoms with van der Waals surface area (Å²) < 4.78 is 0. The van der Waals surface area contributed by atoms with Crippen molar-refractivity contribution in [2.75, 3.05) is 13.1 Å². The zero-order valence-corrected chi connectivity index (χ0v) is 11.9. The molecule has 2 rings (SSSR count). The second-order valence-electron chi connectivity index (χ2n) is 5.61. The Balaban J connectivity index is 0.00000144. The zero-order chi connectivity index (χ0) is 11.7. The maximum atomic E-state index is 12.4. The third-order valence-electron chi connectivity index (χ3n) is 4.40. The molecule has 2 aliphatic rings. The largest absolute Gasteiger partial charge is 0.339 e. The van der Waals surface area contributed by atoms with E-state index < -0.39 is 0 Å². The molecule has 0 radical (unpaired) electrons. The summed E-state index contributed by atoms with van der Waals surface area (Å²) in [4.78, 5) is 14.5. The molecule has 2 saturated heterocycles. The molecule has 2 heterocycles. The van der Waals surface area contributed by atoms with Crippen molar-refractivity contribution < 1.29 is 4.79 Å². The molecule has 0 aromatic heterocycles. The van der Waals surface area contributed by atoms with Crippen molar-refractivity contribution in [3.63, 3.8) is 0 Å². The van der Waals surface area contributed by atoms with E-state index in [0.717, 1.165) is 25.9 Å². The van der Waals surface area contributed by atoms with Gasteiger partial charge in [-0.2, -0.15) is 0 Å². The van der Waals surface area contributed by atoms with Gasteiger partial charge < -0.3 is 10.2 Å². The normalized spacial score (nSPS) is 37.7. The van der Waals surface area contributed by atoms with Crippen LogP contribution in [0.3, 0.4) is 0 Å². The first kappa shape index (κ1) is 14.8. The summed E-state index contributed by atoms with van der Waals surface area (Å²) in [7, 11) is 0. The van der Waals surface area contributed by atoms with E-state index in [1.54, 1.807) is 0 Å². The molecule has 0 spiro atoms. The third kappa shape index (κ3) is 3.14. The van der Waals surface area contributed by atoms with E-state index in [9.17, 15) is 4.79 Å². The number of nitrogens with zero attached hydrogens (tertiary/aromatic N) is 1. The van der Waals surface area contributed by atoms with Crippen LogP contribution in [-0.2, 0) is 4.79 Å². The van der Waals surface area contributed by atoms with Crippen LogP contribution in [0.25, 0.3) is 0 Å². The van der Waals surface area contributed by atoms with Crippen LogP contribution in [-0.4, -0.2) is 36.0 Å². The van der Waals surface area contributed by atoms with E-state index in [4.69, 9.17) is 0 Å². The first-order valence-electron chi connectivity index (χ1n) is 6.63. The average molecular weight is 261 g/mol. The highest BCUT2D eigenvalue weighted by Crippen LogP contribution is 2.27. The highest BCUT2D eigenvalue weighted by molar-refractivity contribution is 5.85.